The van der Waals surface area contributed by atoms with E-state index in [1.165, 1.54) is 5.57 Å². The van der Waals surface area contributed by atoms with Gasteiger partial charge in [0.25, 0.3) is 5.91 Å². The van der Waals surface area contributed by atoms with E-state index in [4.69, 9.17) is 0 Å². The molecule has 3 atom stereocenters. The van der Waals surface area contributed by atoms with E-state index >= 15 is 0 Å². The molecule has 23 heavy (non-hydrogen) atoms. The van der Waals surface area contributed by atoms with Crippen LogP contribution in [-0.4, -0.2) is 16.9 Å². The number of hydrazine groups is 1. The molecular weight excluding hydrogens is 288 g/mol. The lowest BCUT2D eigenvalue weighted by Crippen LogP contribution is -2.41. The lowest BCUT2D eigenvalue weighted by molar-refractivity contribution is -0.119. The number of rotatable bonds is 3. The lowest BCUT2D eigenvalue weighted by Gasteiger charge is -2.31. The number of amides is 1. The Balaban J connectivity index is 1.59. The molecule has 1 saturated carbocycles. The molecule has 2 unspecified atom stereocenters. The fourth-order valence-corrected chi connectivity index (χ4v) is 3.50. The molecule has 3 N–H and O–H groups in total. The monoisotopic (exact) mass is 310 g/mol. The summed E-state index contributed by atoms with van der Waals surface area (Å²) in [5, 5.41) is 3.17. The highest BCUT2D eigenvalue weighted by Crippen LogP contribution is 2.50. The van der Waals surface area contributed by atoms with Crippen LogP contribution in [0.25, 0.3) is 0 Å². The molecule has 1 aliphatic heterocycles. The Morgan fingerprint density at radius 1 is 1.39 bits per heavy atom. The number of hydrogen-bond donors (Lipinski definition) is 3. The summed E-state index contributed by atoms with van der Waals surface area (Å²) in [6, 6.07) is 5.93. The van der Waals surface area contributed by atoms with E-state index in [9.17, 15) is 4.79 Å². The van der Waals surface area contributed by atoms with Crippen molar-refractivity contribution in [2.45, 2.75) is 39.3 Å². The second kappa shape index (κ2) is 4.93. The van der Waals surface area contributed by atoms with Crippen LogP contribution in [-0.2, 0) is 4.79 Å². The normalized spacial score (nSPS) is 26.1. The van der Waals surface area contributed by atoms with Gasteiger partial charge in [-0.15, -0.1) is 0 Å². The number of carbonyl (C=O) groups excluding carboxylic acids is 1. The summed E-state index contributed by atoms with van der Waals surface area (Å²) < 4.78 is 0. The van der Waals surface area contributed by atoms with Crippen LogP contribution in [0.15, 0.2) is 47.3 Å². The Morgan fingerprint density at radius 2 is 2.22 bits per heavy atom. The lowest BCUT2D eigenvalue weighted by atomic mass is 9.84. The zero-order chi connectivity index (χ0) is 16.2. The summed E-state index contributed by atoms with van der Waals surface area (Å²) in [4.78, 5) is 17.2. The van der Waals surface area contributed by atoms with Gasteiger partial charge in [0.05, 0.1) is 17.8 Å². The van der Waals surface area contributed by atoms with Crippen LogP contribution in [0.1, 0.15) is 38.9 Å². The third kappa shape index (κ3) is 2.45. The Morgan fingerprint density at radius 3 is 2.91 bits per heavy atom. The summed E-state index contributed by atoms with van der Waals surface area (Å²) in [5.74, 6) is 0.524. The molecule has 1 fully saturated rings. The molecule has 0 aromatic carbocycles. The zero-order valence-electron chi connectivity index (χ0n) is 13.7. The molecule has 0 saturated heterocycles. The molecule has 2 heterocycles. The summed E-state index contributed by atoms with van der Waals surface area (Å²) >= 11 is 0. The first-order valence-electron chi connectivity index (χ1n) is 8.13. The smallest absolute Gasteiger partial charge is 0.269 e. The first kappa shape index (κ1) is 14.5. The topological polar surface area (TPSA) is 66.1 Å². The molecule has 4 rings (SSSR count). The van der Waals surface area contributed by atoms with E-state index in [1.54, 1.807) is 6.20 Å². The summed E-state index contributed by atoms with van der Waals surface area (Å²) in [6.07, 6.45) is 5.10. The van der Waals surface area contributed by atoms with Crippen molar-refractivity contribution in [2.24, 2.45) is 11.3 Å². The van der Waals surface area contributed by atoms with Gasteiger partial charge in [-0.3, -0.25) is 9.78 Å². The van der Waals surface area contributed by atoms with Crippen molar-refractivity contribution < 1.29 is 4.79 Å². The molecule has 120 valence electrons. The van der Waals surface area contributed by atoms with Gasteiger partial charge in [0, 0.05) is 17.7 Å². The van der Waals surface area contributed by atoms with Crippen molar-refractivity contribution in [2.75, 3.05) is 0 Å². The van der Waals surface area contributed by atoms with Crippen molar-refractivity contribution in [3.63, 3.8) is 0 Å². The number of nitrogens with one attached hydrogen (secondary N) is 3. The van der Waals surface area contributed by atoms with Gasteiger partial charge in [0.2, 0.25) is 0 Å². The standard InChI is InChI=1S/C18H22N4O/c1-18(2,3)16(13-6-4-5-7-19-13)20-17(23)15-12-9-10-8-11(10)14(12)21-22-15/h4-7,9,11,14,16,21-22H,8H2,1-3H3,(H,20,23)/t11?,14?,16-/m1/s1. The minimum absolute atomic E-state index is 0.0706. The summed E-state index contributed by atoms with van der Waals surface area (Å²) in [5.41, 5.74) is 10.3. The van der Waals surface area contributed by atoms with Crippen LogP contribution >= 0.6 is 0 Å². The first-order chi connectivity index (χ1) is 10.9. The average molecular weight is 310 g/mol. The van der Waals surface area contributed by atoms with Crippen LogP contribution in [0.4, 0.5) is 0 Å². The predicted molar refractivity (Wildman–Crippen MR) is 87.9 cm³/mol. The molecule has 0 spiro atoms. The van der Waals surface area contributed by atoms with Crippen molar-refractivity contribution in [1.29, 1.82) is 0 Å². The van der Waals surface area contributed by atoms with Gasteiger partial charge in [-0.2, -0.15) is 0 Å². The van der Waals surface area contributed by atoms with E-state index in [1.807, 2.05) is 18.2 Å². The van der Waals surface area contributed by atoms with Crippen molar-refractivity contribution in [3.05, 3.63) is 53.0 Å². The number of pyridine rings is 1. The second-order valence-electron chi connectivity index (χ2n) is 7.63. The number of carbonyl (C=O) groups is 1. The fraction of sp³-hybridized carbons (Fsp3) is 0.444. The molecular formula is C18H22N4O. The number of aromatic nitrogens is 1. The van der Waals surface area contributed by atoms with Gasteiger partial charge < -0.3 is 10.7 Å². The molecule has 5 nitrogen and oxygen atoms in total. The zero-order valence-corrected chi connectivity index (χ0v) is 13.7. The van der Waals surface area contributed by atoms with Crippen LogP contribution in [0.2, 0.25) is 0 Å². The molecule has 0 radical (unpaired) electrons. The van der Waals surface area contributed by atoms with Crippen molar-refractivity contribution >= 4 is 5.91 Å². The minimum Gasteiger partial charge on any atom is -0.342 e. The highest BCUT2D eigenvalue weighted by Gasteiger charge is 2.48. The van der Waals surface area contributed by atoms with Crippen LogP contribution in [0.3, 0.4) is 0 Å². The van der Waals surface area contributed by atoms with E-state index in [2.05, 4.69) is 48.0 Å². The van der Waals surface area contributed by atoms with Crippen molar-refractivity contribution in [1.82, 2.24) is 21.2 Å². The van der Waals surface area contributed by atoms with Crippen LogP contribution < -0.4 is 16.2 Å². The van der Waals surface area contributed by atoms with E-state index < -0.39 is 0 Å². The third-order valence-electron chi connectivity index (χ3n) is 4.84. The number of fused-ring (bicyclic) bond motifs is 3. The Kier molecular flexibility index (Phi) is 3.10. The average Bonchev–Trinajstić information content (AvgIpc) is 2.99. The van der Waals surface area contributed by atoms with E-state index in [-0.39, 0.29) is 23.4 Å². The minimum atomic E-state index is -0.145. The fourth-order valence-electron chi connectivity index (χ4n) is 3.50. The van der Waals surface area contributed by atoms with Gasteiger partial charge in [0.15, 0.2) is 0 Å². The number of nitrogens with zero attached hydrogens (tertiary/aromatic N) is 1. The Hall–Kier alpha value is -2.14. The highest BCUT2D eigenvalue weighted by atomic mass is 16.2. The molecule has 5 heteroatoms. The molecule has 2 aliphatic carbocycles. The molecule has 3 aliphatic rings. The van der Waals surface area contributed by atoms with Crippen LogP contribution in [0.5, 0.6) is 0 Å². The molecule has 0 bridgehead atoms. The molecule has 1 aromatic rings. The predicted octanol–water partition coefficient (Wildman–Crippen LogP) is 1.98. The van der Waals surface area contributed by atoms with Gasteiger partial charge in [-0.25, -0.2) is 5.43 Å². The first-order valence-corrected chi connectivity index (χ1v) is 8.13. The maximum Gasteiger partial charge on any atom is 0.269 e. The Labute approximate surface area is 136 Å². The summed E-state index contributed by atoms with van der Waals surface area (Å²) in [6.45, 7) is 6.33. The van der Waals surface area contributed by atoms with Gasteiger partial charge in [-0.05, 0) is 24.0 Å². The van der Waals surface area contributed by atoms with Gasteiger partial charge in [0.1, 0.15) is 5.70 Å². The van der Waals surface area contributed by atoms with Gasteiger partial charge in [-0.1, -0.05) is 38.5 Å². The maximum atomic E-state index is 12.8. The van der Waals surface area contributed by atoms with Gasteiger partial charge >= 0.3 is 0 Å². The van der Waals surface area contributed by atoms with Crippen molar-refractivity contribution in [3.8, 4) is 0 Å². The highest BCUT2D eigenvalue weighted by molar-refractivity contribution is 5.95. The quantitative estimate of drug-likeness (QED) is 0.799. The second-order valence-corrected chi connectivity index (χ2v) is 7.63. The maximum absolute atomic E-state index is 12.8. The van der Waals surface area contributed by atoms with Crippen LogP contribution in [0, 0.1) is 11.3 Å². The Bertz CT molecular complexity index is 714. The molecule has 1 aromatic heterocycles. The third-order valence-corrected chi connectivity index (χ3v) is 4.84. The summed E-state index contributed by atoms with van der Waals surface area (Å²) in [7, 11) is 0. The molecule has 1 amide bonds. The SMILES string of the molecule is CC(C)(C)[C@H](NC(=O)C1=C2C=C3CC3C2NN1)c1ccccn1. The van der Waals surface area contributed by atoms with E-state index in [0.717, 1.165) is 17.7 Å². The largest absolute Gasteiger partial charge is 0.342 e. The number of hydrogen-bond acceptors (Lipinski definition) is 4. The van der Waals surface area contributed by atoms with E-state index in [0.29, 0.717) is 11.6 Å².